The molecule has 1 amide bonds. The van der Waals surface area contributed by atoms with Crippen LogP contribution in [0.2, 0.25) is 0 Å². The SMILES string of the molecule is COC(=O)c1ccc([C@@H]2NC(=O)c3c(sc4c3CC[C@@H](C)C4)N2)cc1. The molecule has 0 unspecified atom stereocenters. The molecule has 0 saturated heterocycles. The Bertz CT molecular complexity index is 841. The Balaban J connectivity index is 1.61. The van der Waals surface area contributed by atoms with Crippen molar-refractivity contribution in [2.75, 3.05) is 12.4 Å². The first-order valence-corrected chi connectivity index (χ1v) is 9.28. The third-order valence-electron chi connectivity index (χ3n) is 4.95. The highest BCUT2D eigenvalue weighted by molar-refractivity contribution is 7.16. The third-order valence-corrected chi connectivity index (χ3v) is 6.14. The summed E-state index contributed by atoms with van der Waals surface area (Å²) in [6.07, 6.45) is 2.89. The lowest BCUT2D eigenvalue weighted by Gasteiger charge is -2.27. The van der Waals surface area contributed by atoms with Crippen LogP contribution in [0.5, 0.6) is 0 Å². The summed E-state index contributed by atoms with van der Waals surface area (Å²) in [5.74, 6) is 0.301. The van der Waals surface area contributed by atoms with Gasteiger partial charge >= 0.3 is 5.97 Å². The monoisotopic (exact) mass is 356 g/mol. The maximum absolute atomic E-state index is 12.7. The number of hydrogen-bond donors (Lipinski definition) is 2. The van der Waals surface area contributed by atoms with E-state index < -0.39 is 0 Å². The first kappa shape index (κ1) is 16.1. The van der Waals surface area contributed by atoms with Crippen LogP contribution in [0.1, 0.15) is 56.2 Å². The molecule has 1 aromatic heterocycles. The molecule has 1 aromatic carbocycles. The fraction of sp³-hybridized carbons (Fsp3) is 0.368. The van der Waals surface area contributed by atoms with Crippen molar-refractivity contribution in [3.8, 4) is 0 Å². The molecule has 2 atom stereocenters. The predicted octanol–water partition coefficient (Wildman–Crippen LogP) is 3.51. The highest BCUT2D eigenvalue weighted by atomic mass is 32.1. The van der Waals surface area contributed by atoms with Crippen LogP contribution < -0.4 is 10.6 Å². The number of fused-ring (bicyclic) bond motifs is 3. The van der Waals surface area contributed by atoms with Crippen molar-refractivity contribution >= 4 is 28.2 Å². The van der Waals surface area contributed by atoms with Gasteiger partial charge in [-0.15, -0.1) is 11.3 Å². The Labute approximate surface area is 150 Å². The van der Waals surface area contributed by atoms with E-state index in [1.807, 2.05) is 12.1 Å². The molecule has 0 saturated carbocycles. The summed E-state index contributed by atoms with van der Waals surface area (Å²) in [5, 5.41) is 7.45. The number of hydrogen-bond acceptors (Lipinski definition) is 5. The van der Waals surface area contributed by atoms with Crippen LogP contribution in [0.15, 0.2) is 24.3 Å². The van der Waals surface area contributed by atoms with Crippen molar-refractivity contribution in [2.24, 2.45) is 5.92 Å². The largest absolute Gasteiger partial charge is 0.465 e. The first-order valence-electron chi connectivity index (χ1n) is 8.47. The lowest BCUT2D eigenvalue weighted by atomic mass is 9.88. The smallest absolute Gasteiger partial charge is 0.337 e. The zero-order valence-corrected chi connectivity index (χ0v) is 15.0. The molecule has 2 N–H and O–H groups in total. The predicted molar refractivity (Wildman–Crippen MR) is 97.1 cm³/mol. The molecule has 130 valence electrons. The molecule has 2 aliphatic rings. The number of methoxy groups -OCH3 is 1. The van der Waals surface area contributed by atoms with Gasteiger partial charge in [-0.1, -0.05) is 19.1 Å². The van der Waals surface area contributed by atoms with Crippen molar-refractivity contribution in [1.29, 1.82) is 0 Å². The van der Waals surface area contributed by atoms with E-state index in [0.717, 1.165) is 35.4 Å². The van der Waals surface area contributed by atoms with E-state index in [-0.39, 0.29) is 18.0 Å². The summed E-state index contributed by atoms with van der Waals surface area (Å²) in [5.41, 5.74) is 3.46. The Morgan fingerprint density at radius 3 is 2.72 bits per heavy atom. The van der Waals surface area contributed by atoms with E-state index in [1.165, 1.54) is 17.6 Å². The van der Waals surface area contributed by atoms with Crippen molar-refractivity contribution in [2.45, 2.75) is 32.4 Å². The normalized spacial score (nSPS) is 21.6. The molecule has 6 heteroatoms. The minimum Gasteiger partial charge on any atom is -0.465 e. The van der Waals surface area contributed by atoms with Crippen LogP contribution in [-0.4, -0.2) is 19.0 Å². The van der Waals surface area contributed by atoms with E-state index in [1.54, 1.807) is 23.5 Å². The molecule has 25 heavy (non-hydrogen) atoms. The molecular formula is C19H20N2O3S. The van der Waals surface area contributed by atoms with Gasteiger partial charge < -0.3 is 15.4 Å². The lowest BCUT2D eigenvalue weighted by molar-refractivity contribution is 0.0600. The van der Waals surface area contributed by atoms with Crippen molar-refractivity contribution in [3.05, 3.63) is 51.4 Å². The molecule has 0 spiro atoms. The number of carbonyl (C=O) groups is 2. The molecule has 1 aliphatic carbocycles. The van der Waals surface area contributed by atoms with E-state index in [4.69, 9.17) is 4.74 Å². The number of carbonyl (C=O) groups excluding carboxylic acids is 2. The second-order valence-electron chi connectivity index (χ2n) is 6.72. The van der Waals surface area contributed by atoms with Crippen LogP contribution in [0.3, 0.4) is 0 Å². The van der Waals surface area contributed by atoms with Crippen LogP contribution in [-0.2, 0) is 17.6 Å². The molecule has 1 aliphatic heterocycles. The summed E-state index contributed by atoms with van der Waals surface area (Å²) in [4.78, 5) is 25.6. The van der Waals surface area contributed by atoms with Crippen molar-refractivity contribution in [3.63, 3.8) is 0 Å². The number of thiophene rings is 1. The second-order valence-corrected chi connectivity index (χ2v) is 7.83. The standard InChI is InChI=1S/C19H20N2O3S/c1-10-3-8-13-14(9-10)25-18-15(13)17(22)20-16(21-18)11-4-6-12(7-5-11)19(23)24-2/h4-7,10,16,21H,3,8-9H2,1-2H3,(H,20,22)/t10-,16-/m1/s1. The molecule has 0 fully saturated rings. The number of ether oxygens (including phenoxy) is 1. The van der Waals surface area contributed by atoms with Gasteiger partial charge in [-0.25, -0.2) is 4.79 Å². The molecule has 4 rings (SSSR count). The highest BCUT2D eigenvalue weighted by Crippen LogP contribution is 2.42. The van der Waals surface area contributed by atoms with E-state index in [0.29, 0.717) is 11.5 Å². The summed E-state index contributed by atoms with van der Waals surface area (Å²) in [6, 6.07) is 7.10. The van der Waals surface area contributed by atoms with Crippen molar-refractivity contribution < 1.29 is 14.3 Å². The van der Waals surface area contributed by atoms with Gasteiger partial charge in [0.2, 0.25) is 0 Å². The number of rotatable bonds is 2. The van der Waals surface area contributed by atoms with Crippen LogP contribution in [0.4, 0.5) is 5.00 Å². The zero-order valence-electron chi connectivity index (χ0n) is 14.2. The second kappa shape index (κ2) is 6.19. The van der Waals surface area contributed by atoms with Gasteiger partial charge in [-0.05, 0) is 48.4 Å². The van der Waals surface area contributed by atoms with Gasteiger partial charge in [-0.2, -0.15) is 0 Å². The maximum Gasteiger partial charge on any atom is 0.337 e. The van der Waals surface area contributed by atoms with Crippen LogP contribution in [0.25, 0.3) is 0 Å². The van der Waals surface area contributed by atoms with Gasteiger partial charge in [0, 0.05) is 4.88 Å². The quantitative estimate of drug-likeness (QED) is 0.808. The Morgan fingerprint density at radius 1 is 1.24 bits per heavy atom. The molecule has 5 nitrogen and oxygen atoms in total. The zero-order chi connectivity index (χ0) is 17.6. The van der Waals surface area contributed by atoms with Crippen LogP contribution >= 0.6 is 11.3 Å². The average Bonchev–Trinajstić information content (AvgIpc) is 2.98. The number of nitrogens with one attached hydrogen (secondary N) is 2. The number of amides is 1. The summed E-state index contributed by atoms with van der Waals surface area (Å²) in [7, 11) is 1.36. The fourth-order valence-corrected chi connectivity index (χ4v) is 5.00. The minimum atomic E-state index is -0.366. The van der Waals surface area contributed by atoms with E-state index in [2.05, 4.69) is 17.6 Å². The molecule has 0 radical (unpaired) electrons. The summed E-state index contributed by atoms with van der Waals surface area (Å²) in [6.45, 7) is 2.26. The number of benzene rings is 1. The topological polar surface area (TPSA) is 67.4 Å². The maximum atomic E-state index is 12.7. The first-order chi connectivity index (χ1) is 12.1. The minimum absolute atomic E-state index is 0.0113. The van der Waals surface area contributed by atoms with Gasteiger partial charge in [0.15, 0.2) is 0 Å². The molecule has 2 heterocycles. The van der Waals surface area contributed by atoms with E-state index >= 15 is 0 Å². The Kier molecular flexibility index (Phi) is 4.00. The van der Waals surface area contributed by atoms with E-state index in [9.17, 15) is 9.59 Å². The summed E-state index contributed by atoms with van der Waals surface area (Å²) >= 11 is 1.71. The highest BCUT2D eigenvalue weighted by Gasteiger charge is 2.33. The van der Waals surface area contributed by atoms with Gasteiger partial charge in [0.05, 0.1) is 18.2 Å². The lowest BCUT2D eigenvalue weighted by Crippen LogP contribution is -2.38. The average molecular weight is 356 g/mol. The molecular weight excluding hydrogens is 336 g/mol. The van der Waals surface area contributed by atoms with Gasteiger partial charge in [0.25, 0.3) is 5.91 Å². The Hall–Kier alpha value is -2.34. The van der Waals surface area contributed by atoms with Crippen molar-refractivity contribution in [1.82, 2.24) is 5.32 Å². The third kappa shape index (κ3) is 2.80. The van der Waals surface area contributed by atoms with Gasteiger partial charge in [0.1, 0.15) is 11.2 Å². The van der Waals surface area contributed by atoms with Crippen LogP contribution in [0, 0.1) is 5.92 Å². The Morgan fingerprint density at radius 2 is 2.00 bits per heavy atom. The molecule has 2 aromatic rings. The summed E-state index contributed by atoms with van der Waals surface area (Å²) < 4.78 is 4.72. The fourth-order valence-electron chi connectivity index (χ4n) is 3.56. The number of esters is 1. The molecule has 0 bridgehead atoms. The van der Waals surface area contributed by atoms with Gasteiger partial charge in [-0.3, -0.25) is 4.79 Å². The number of anilines is 1.